The first-order chi connectivity index (χ1) is 10.1. The molecule has 1 aliphatic heterocycles. The van der Waals surface area contributed by atoms with E-state index < -0.39 is 0 Å². The third-order valence-electron chi connectivity index (χ3n) is 4.24. The number of amides is 2. The maximum atomic E-state index is 12.3. The van der Waals surface area contributed by atoms with Gasteiger partial charge in [-0.25, -0.2) is 14.8 Å². The second-order valence-electron chi connectivity index (χ2n) is 6.11. The van der Waals surface area contributed by atoms with E-state index in [0.717, 1.165) is 12.2 Å². The zero-order chi connectivity index (χ0) is 14.9. The number of hydrogen-bond donors (Lipinski definition) is 1. The molecule has 2 heterocycles. The summed E-state index contributed by atoms with van der Waals surface area (Å²) in [4.78, 5) is 22.7. The van der Waals surface area contributed by atoms with Crippen LogP contribution in [0.3, 0.4) is 0 Å². The van der Waals surface area contributed by atoms with E-state index in [-0.39, 0.29) is 11.6 Å². The Morgan fingerprint density at radius 1 is 1.48 bits per heavy atom. The quantitative estimate of drug-likeness (QED) is 0.928. The highest BCUT2D eigenvalue weighted by Crippen LogP contribution is 2.37. The second-order valence-corrected chi connectivity index (χ2v) is 6.11. The highest BCUT2D eigenvalue weighted by atomic mass is 16.5. The maximum absolute atomic E-state index is 12.3. The second kappa shape index (κ2) is 5.60. The molecule has 114 valence electrons. The van der Waals surface area contributed by atoms with Gasteiger partial charge in [-0.05, 0) is 26.2 Å². The summed E-state index contributed by atoms with van der Waals surface area (Å²) in [6.07, 6.45) is 6.62. The topological polar surface area (TPSA) is 67.4 Å². The molecule has 0 radical (unpaired) electrons. The number of nitrogens with zero attached hydrogens (tertiary/aromatic N) is 3. The van der Waals surface area contributed by atoms with Crippen molar-refractivity contribution in [3.63, 3.8) is 0 Å². The van der Waals surface area contributed by atoms with Crippen molar-refractivity contribution in [3.05, 3.63) is 18.2 Å². The highest BCUT2D eigenvalue weighted by molar-refractivity contribution is 5.89. The van der Waals surface area contributed by atoms with Crippen LogP contribution in [0.5, 0.6) is 0 Å². The molecule has 1 aromatic rings. The summed E-state index contributed by atoms with van der Waals surface area (Å²) in [5.41, 5.74) is 0.399. The first-order valence-electron chi connectivity index (χ1n) is 7.61. The van der Waals surface area contributed by atoms with Crippen LogP contribution in [-0.2, 0) is 4.74 Å². The number of ether oxygens (including phenoxy) is 1. The molecule has 6 nitrogen and oxygen atoms in total. The molecule has 1 atom stereocenters. The van der Waals surface area contributed by atoms with E-state index in [1.54, 1.807) is 17.3 Å². The van der Waals surface area contributed by atoms with Gasteiger partial charge in [0.25, 0.3) is 0 Å². The Morgan fingerprint density at radius 3 is 2.81 bits per heavy atom. The molecule has 2 fully saturated rings. The molecule has 3 rings (SSSR count). The van der Waals surface area contributed by atoms with E-state index in [9.17, 15) is 4.79 Å². The fourth-order valence-corrected chi connectivity index (χ4v) is 2.48. The zero-order valence-corrected chi connectivity index (χ0v) is 12.6. The molecule has 0 unspecified atom stereocenters. The average Bonchev–Trinajstić information content (AvgIpc) is 3.33. The lowest BCUT2D eigenvalue weighted by Crippen LogP contribution is -2.53. The fraction of sp³-hybridized carbons (Fsp3) is 0.667. The number of carbonyl (C=O) groups excluding carboxylic acids is 1. The number of hydrogen-bond acceptors (Lipinski definition) is 4. The van der Waals surface area contributed by atoms with Crippen LogP contribution in [0.25, 0.3) is 0 Å². The van der Waals surface area contributed by atoms with Crippen LogP contribution in [0.4, 0.5) is 10.5 Å². The Balaban J connectivity index is 1.60. The van der Waals surface area contributed by atoms with Crippen LogP contribution >= 0.6 is 0 Å². The summed E-state index contributed by atoms with van der Waals surface area (Å²) >= 11 is 0. The summed E-state index contributed by atoms with van der Waals surface area (Å²) in [6.45, 7) is 5.92. The van der Waals surface area contributed by atoms with Crippen molar-refractivity contribution in [2.24, 2.45) is 0 Å². The summed E-state index contributed by atoms with van der Waals surface area (Å²) < 4.78 is 5.75. The number of urea groups is 1. The van der Waals surface area contributed by atoms with Gasteiger partial charge in [0.2, 0.25) is 0 Å². The normalized spacial score (nSPS) is 25.7. The first kappa shape index (κ1) is 14.3. The van der Waals surface area contributed by atoms with E-state index in [4.69, 9.17) is 4.74 Å². The monoisotopic (exact) mass is 290 g/mol. The van der Waals surface area contributed by atoms with Gasteiger partial charge in [0.1, 0.15) is 5.82 Å². The molecular weight excluding hydrogens is 268 g/mol. The molecule has 0 aromatic carbocycles. The van der Waals surface area contributed by atoms with Gasteiger partial charge in [0.05, 0.1) is 36.8 Å². The third-order valence-corrected chi connectivity index (χ3v) is 4.24. The van der Waals surface area contributed by atoms with Crippen molar-refractivity contribution in [2.75, 3.05) is 25.0 Å². The molecule has 0 spiro atoms. The zero-order valence-electron chi connectivity index (χ0n) is 12.6. The molecule has 1 saturated heterocycles. The lowest BCUT2D eigenvalue weighted by atomic mass is 10.0. The van der Waals surface area contributed by atoms with Crippen molar-refractivity contribution < 1.29 is 9.53 Å². The average molecular weight is 290 g/mol. The molecule has 1 saturated carbocycles. The standard InChI is InChI=1S/C15H22N4O2/c1-3-15(2)10-19(6-7-21-15)14(20)18-12-8-16-13(17-9-12)11-4-5-11/h8-9,11H,3-7,10H2,1-2H3,(H,18,20)/t15-/m0/s1. The largest absolute Gasteiger partial charge is 0.372 e. The Kier molecular flexibility index (Phi) is 3.80. The lowest BCUT2D eigenvalue weighted by molar-refractivity contribution is -0.0860. The first-order valence-corrected chi connectivity index (χ1v) is 7.61. The summed E-state index contributed by atoms with van der Waals surface area (Å²) in [5, 5.41) is 2.87. The van der Waals surface area contributed by atoms with Gasteiger partial charge in [-0.2, -0.15) is 0 Å². The Morgan fingerprint density at radius 2 is 2.19 bits per heavy atom. The van der Waals surface area contributed by atoms with Crippen molar-refractivity contribution in [3.8, 4) is 0 Å². The molecule has 2 amide bonds. The Hall–Kier alpha value is -1.69. The molecular formula is C15H22N4O2. The Bertz CT molecular complexity index is 515. The number of nitrogens with one attached hydrogen (secondary N) is 1. The number of anilines is 1. The van der Waals surface area contributed by atoms with Gasteiger partial charge in [0.15, 0.2) is 0 Å². The molecule has 6 heteroatoms. The summed E-state index contributed by atoms with van der Waals surface area (Å²) in [5.74, 6) is 1.41. The smallest absolute Gasteiger partial charge is 0.322 e. The third kappa shape index (κ3) is 3.32. The van der Waals surface area contributed by atoms with E-state index >= 15 is 0 Å². The lowest BCUT2D eigenvalue weighted by Gasteiger charge is -2.39. The minimum absolute atomic E-state index is 0.110. The van der Waals surface area contributed by atoms with Crippen molar-refractivity contribution in [1.29, 1.82) is 0 Å². The molecule has 1 aliphatic carbocycles. The molecule has 2 aliphatic rings. The van der Waals surface area contributed by atoms with Crippen LogP contribution in [0.1, 0.15) is 44.9 Å². The highest BCUT2D eigenvalue weighted by Gasteiger charge is 2.32. The van der Waals surface area contributed by atoms with Crippen molar-refractivity contribution in [1.82, 2.24) is 14.9 Å². The Labute approximate surface area is 124 Å². The fourth-order valence-electron chi connectivity index (χ4n) is 2.48. The molecule has 21 heavy (non-hydrogen) atoms. The number of morpholine rings is 1. The van der Waals surface area contributed by atoms with E-state index in [0.29, 0.717) is 31.3 Å². The minimum atomic E-state index is -0.248. The van der Waals surface area contributed by atoms with Crippen LogP contribution in [0.2, 0.25) is 0 Å². The molecule has 1 aromatic heterocycles. The van der Waals surface area contributed by atoms with Gasteiger partial charge >= 0.3 is 6.03 Å². The van der Waals surface area contributed by atoms with Gasteiger partial charge in [-0.15, -0.1) is 0 Å². The number of rotatable bonds is 3. The minimum Gasteiger partial charge on any atom is -0.372 e. The van der Waals surface area contributed by atoms with Gasteiger partial charge in [-0.1, -0.05) is 6.92 Å². The van der Waals surface area contributed by atoms with Gasteiger partial charge < -0.3 is 15.0 Å². The summed E-state index contributed by atoms with van der Waals surface area (Å²) in [6, 6.07) is -0.110. The van der Waals surface area contributed by atoms with E-state index in [1.807, 2.05) is 6.92 Å². The predicted octanol–water partition coefficient (Wildman–Crippen LogP) is 2.39. The number of aromatic nitrogens is 2. The van der Waals surface area contributed by atoms with Crippen LogP contribution in [0.15, 0.2) is 12.4 Å². The SMILES string of the molecule is CC[C@@]1(C)CN(C(=O)Nc2cnc(C3CC3)nc2)CCO1. The number of carbonyl (C=O) groups is 1. The predicted molar refractivity (Wildman–Crippen MR) is 79.2 cm³/mol. The van der Waals surface area contributed by atoms with Gasteiger partial charge in [-0.3, -0.25) is 0 Å². The van der Waals surface area contributed by atoms with E-state index in [2.05, 4.69) is 22.2 Å². The van der Waals surface area contributed by atoms with Crippen molar-refractivity contribution >= 4 is 11.7 Å². The van der Waals surface area contributed by atoms with Crippen LogP contribution in [0, 0.1) is 0 Å². The van der Waals surface area contributed by atoms with Crippen LogP contribution < -0.4 is 5.32 Å². The van der Waals surface area contributed by atoms with Crippen molar-refractivity contribution in [2.45, 2.75) is 44.6 Å². The van der Waals surface area contributed by atoms with Crippen LogP contribution in [-0.4, -0.2) is 46.2 Å². The van der Waals surface area contributed by atoms with Gasteiger partial charge in [0, 0.05) is 12.5 Å². The molecule has 1 N–H and O–H groups in total. The summed E-state index contributed by atoms with van der Waals surface area (Å²) in [7, 11) is 0. The maximum Gasteiger partial charge on any atom is 0.322 e. The van der Waals surface area contributed by atoms with E-state index in [1.165, 1.54) is 12.8 Å². The molecule has 0 bridgehead atoms.